The van der Waals surface area contributed by atoms with E-state index < -0.39 is 10.0 Å². The number of hydrogen-bond acceptors (Lipinski definition) is 5. The van der Waals surface area contributed by atoms with Crippen molar-refractivity contribution in [2.24, 2.45) is 0 Å². The van der Waals surface area contributed by atoms with Crippen LogP contribution in [0.4, 0.5) is 5.69 Å². The molecule has 0 aliphatic carbocycles. The van der Waals surface area contributed by atoms with Gasteiger partial charge in [-0.1, -0.05) is 43.2 Å². The maximum Gasteiger partial charge on any atom is 0.240 e. The van der Waals surface area contributed by atoms with E-state index in [1.165, 1.54) is 25.7 Å². The van der Waals surface area contributed by atoms with Gasteiger partial charge in [-0.15, -0.1) is 0 Å². The molecule has 1 heterocycles. The molecule has 0 radical (unpaired) electrons. The van der Waals surface area contributed by atoms with E-state index in [0.29, 0.717) is 24.6 Å². The summed E-state index contributed by atoms with van der Waals surface area (Å²) in [5, 5.41) is 2.86. The van der Waals surface area contributed by atoms with Crippen molar-refractivity contribution in [2.45, 2.75) is 38.7 Å². The van der Waals surface area contributed by atoms with Crippen molar-refractivity contribution >= 4 is 21.6 Å². The molecule has 0 spiro atoms. The second-order valence-electron chi connectivity index (χ2n) is 8.50. The number of amides is 1. The molecule has 7 nitrogen and oxygen atoms in total. The molecule has 0 saturated carbocycles. The summed E-state index contributed by atoms with van der Waals surface area (Å²) in [5.41, 5.74) is 1.48. The van der Waals surface area contributed by atoms with Gasteiger partial charge in [0.2, 0.25) is 15.9 Å². The first-order valence-corrected chi connectivity index (χ1v) is 13.5. The average Bonchev–Trinajstić information content (AvgIpc) is 3.08. The summed E-state index contributed by atoms with van der Waals surface area (Å²) < 4.78 is 31.6. The second kappa shape index (κ2) is 12.6. The number of anilines is 1. The van der Waals surface area contributed by atoms with E-state index in [-0.39, 0.29) is 12.5 Å². The number of hydrogen-bond donors (Lipinski definition) is 1. The van der Waals surface area contributed by atoms with Crippen LogP contribution in [0.2, 0.25) is 0 Å². The third kappa shape index (κ3) is 8.70. The number of carbonyl (C=O) groups excluding carboxylic acids is 1. The molecule has 0 aromatic heterocycles. The van der Waals surface area contributed by atoms with E-state index in [2.05, 4.69) is 10.2 Å². The van der Waals surface area contributed by atoms with Crippen LogP contribution in [0, 0.1) is 0 Å². The first kappa shape index (κ1) is 25.1. The molecule has 1 N–H and O–H groups in total. The van der Waals surface area contributed by atoms with Crippen molar-refractivity contribution < 1.29 is 17.9 Å². The van der Waals surface area contributed by atoms with Gasteiger partial charge in [0.25, 0.3) is 0 Å². The molecule has 1 fully saturated rings. The lowest BCUT2D eigenvalue weighted by molar-refractivity contribution is -0.119. The Morgan fingerprint density at radius 3 is 2.30 bits per heavy atom. The molecule has 2 aromatic rings. The Morgan fingerprint density at radius 1 is 1.00 bits per heavy atom. The third-order valence-corrected chi connectivity index (χ3v) is 6.87. The van der Waals surface area contributed by atoms with Gasteiger partial charge < -0.3 is 15.0 Å². The van der Waals surface area contributed by atoms with Crippen LogP contribution in [0.1, 0.15) is 37.7 Å². The Hall–Kier alpha value is -2.58. The Kier molecular flexibility index (Phi) is 9.57. The smallest absolute Gasteiger partial charge is 0.240 e. The fraction of sp³-hybridized carbons (Fsp3) is 0.480. The molecule has 0 unspecified atom stereocenters. The molecule has 3 rings (SSSR count). The fourth-order valence-electron chi connectivity index (χ4n) is 3.93. The van der Waals surface area contributed by atoms with Gasteiger partial charge in [0.15, 0.2) is 0 Å². The van der Waals surface area contributed by atoms with E-state index >= 15 is 0 Å². The van der Waals surface area contributed by atoms with E-state index in [1.54, 1.807) is 24.3 Å². The summed E-state index contributed by atoms with van der Waals surface area (Å²) >= 11 is 0. The summed E-state index contributed by atoms with van der Waals surface area (Å²) in [5.74, 6) is 0.328. The highest BCUT2D eigenvalue weighted by Gasteiger charge is 2.21. The molecule has 1 saturated heterocycles. The number of nitrogens with zero attached hydrogens (tertiary/aromatic N) is 2. The zero-order valence-corrected chi connectivity index (χ0v) is 20.2. The summed E-state index contributed by atoms with van der Waals surface area (Å²) in [4.78, 5) is 14.9. The molecule has 2 aromatic carbocycles. The van der Waals surface area contributed by atoms with Gasteiger partial charge in [0, 0.05) is 6.54 Å². The molecule has 1 amide bonds. The molecule has 8 heteroatoms. The van der Waals surface area contributed by atoms with E-state index in [1.807, 2.05) is 30.3 Å². The monoisotopic (exact) mass is 473 g/mol. The number of rotatable bonds is 11. The number of ether oxygens (including phenoxy) is 1. The summed E-state index contributed by atoms with van der Waals surface area (Å²) in [6.07, 6.45) is 7.05. The first-order valence-electron chi connectivity index (χ1n) is 11.7. The minimum absolute atomic E-state index is 0.243. The standard InChI is InChI=1S/C25H35N3O4S/c1-33(30,31)28(20-25(29)26-16-9-19-27-17-7-2-3-8-18-27)23-12-14-24(15-13-23)32-21-22-10-5-4-6-11-22/h4-6,10-15H,2-3,7-9,16-21H2,1H3,(H,26,29). The Bertz CT molecular complexity index is 957. The Balaban J connectivity index is 1.48. The first-order chi connectivity index (χ1) is 15.9. The minimum Gasteiger partial charge on any atom is -0.489 e. The Morgan fingerprint density at radius 2 is 1.67 bits per heavy atom. The molecule has 0 bridgehead atoms. The lowest BCUT2D eigenvalue weighted by atomic mass is 10.2. The van der Waals surface area contributed by atoms with Gasteiger partial charge >= 0.3 is 0 Å². The van der Waals surface area contributed by atoms with Gasteiger partial charge in [-0.3, -0.25) is 9.10 Å². The highest BCUT2D eigenvalue weighted by atomic mass is 32.2. The van der Waals surface area contributed by atoms with Gasteiger partial charge in [-0.05, 0) is 68.7 Å². The normalized spacial score (nSPS) is 14.9. The number of carbonyl (C=O) groups is 1. The zero-order valence-electron chi connectivity index (χ0n) is 19.4. The largest absolute Gasteiger partial charge is 0.489 e. The van der Waals surface area contributed by atoms with Crippen LogP contribution >= 0.6 is 0 Å². The highest BCUT2D eigenvalue weighted by Crippen LogP contribution is 2.22. The molecule has 1 aliphatic rings. The van der Waals surface area contributed by atoms with Gasteiger partial charge in [-0.25, -0.2) is 8.42 Å². The van der Waals surface area contributed by atoms with Gasteiger partial charge in [0.05, 0.1) is 11.9 Å². The number of benzene rings is 2. The van der Waals surface area contributed by atoms with Crippen LogP contribution in [0.3, 0.4) is 0 Å². The molecular weight excluding hydrogens is 438 g/mol. The van der Waals surface area contributed by atoms with Gasteiger partial charge in [-0.2, -0.15) is 0 Å². The maximum absolute atomic E-state index is 12.5. The quantitative estimate of drug-likeness (QED) is 0.506. The van der Waals surface area contributed by atoms with Crippen molar-refractivity contribution in [3.05, 3.63) is 60.2 Å². The average molecular weight is 474 g/mol. The van der Waals surface area contributed by atoms with Crippen LogP contribution < -0.4 is 14.4 Å². The SMILES string of the molecule is CS(=O)(=O)N(CC(=O)NCCCN1CCCCCC1)c1ccc(OCc2ccccc2)cc1. The van der Waals surface area contributed by atoms with Crippen LogP contribution in [0.5, 0.6) is 5.75 Å². The highest BCUT2D eigenvalue weighted by molar-refractivity contribution is 7.92. The molecular formula is C25H35N3O4S. The predicted octanol–water partition coefficient (Wildman–Crippen LogP) is 3.41. The van der Waals surface area contributed by atoms with Crippen molar-refractivity contribution in [3.8, 4) is 5.75 Å². The van der Waals surface area contributed by atoms with Gasteiger partial charge in [0.1, 0.15) is 18.9 Å². The van der Waals surface area contributed by atoms with E-state index in [0.717, 1.165) is 42.2 Å². The van der Waals surface area contributed by atoms with Crippen LogP contribution in [0.15, 0.2) is 54.6 Å². The fourth-order valence-corrected chi connectivity index (χ4v) is 4.78. The number of sulfonamides is 1. The molecule has 0 atom stereocenters. The number of nitrogens with one attached hydrogen (secondary N) is 1. The topological polar surface area (TPSA) is 79.0 Å². The molecule has 180 valence electrons. The van der Waals surface area contributed by atoms with Crippen molar-refractivity contribution in [1.29, 1.82) is 0 Å². The van der Waals surface area contributed by atoms with Crippen molar-refractivity contribution in [1.82, 2.24) is 10.2 Å². The summed E-state index contributed by atoms with van der Waals surface area (Å²) in [6.45, 7) is 3.93. The van der Waals surface area contributed by atoms with Crippen molar-refractivity contribution in [2.75, 3.05) is 43.3 Å². The second-order valence-corrected chi connectivity index (χ2v) is 10.4. The van der Waals surface area contributed by atoms with E-state index in [9.17, 15) is 13.2 Å². The maximum atomic E-state index is 12.5. The van der Waals surface area contributed by atoms with Crippen LogP contribution in [0.25, 0.3) is 0 Å². The van der Waals surface area contributed by atoms with Crippen LogP contribution in [-0.2, 0) is 21.4 Å². The Labute approximate surface area is 197 Å². The molecule has 1 aliphatic heterocycles. The predicted molar refractivity (Wildman–Crippen MR) is 132 cm³/mol. The van der Waals surface area contributed by atoms with Crippen molar-refractivity contribution in [3.63, 3.8) is 0 Å². The zero-order chi connectivity index (χ0) is 23.5. The molecule has 33 heavy (non-hydrogen) atoms. The summed E-state index contributed by atoms with van der Waals surface area (Å²) in [6, 6.07) is 16.6. The third-order valence-electron chi connectivity index (χ3n) is 5.73. The lowest BCUT2D eigenvalue weighted by Crippen LogP contribution is -2.41. The van der Waals surface area contributed by atoms with E-state index in [4.69, 9.17) is 4.74 Å². The minimum atomic E-state index is -3.61. The van der Waals surface area contributed by atoms with Crippen LogP contribution in [-0.4, -0.2) is 58.2 Å². The number of likely N-dealkylation sites (tertiary alicyclic amines) is 1. The lowest BCUT2D eigenvalue weighted by Gasteiger charge is -2.23. The summed E-state index contributed by atoms with van der Waals surface area (Å²) in [7, 11) is -3.61.